The van der Waals surface area contributed by atoms with Crippen LogP contribution in [-0.4, -0.2) is 4.49 Å². The van der Waals surface area contributed by atoms with Crippen LogP contribution >= 0.6 is 21.9 Å². The molecule has 1 atom stereocenters. The van der Waals surface area contributed by atoms with E-state index in [1.807, 2.05) is 0 Å². The maximum absolute atomic E-state index is 4.68. The van der Waals surface area contributed by atoms with Gasteiger partial charge in [0, 0.05) is 4.49 Å². The SMILES string of the molecule is PC1(S)CCCCCCCCC1. The lowest BCUT2D eigenvalue weighted by atomic mass is 10.0. The van der Waals surface area contributed by atoms with Crippen LogP contribution in [0.2, 0.25) is 0 Å². The molecule has 0 aromatic rings. The van der Waals surface area contributed by atoms with E-state index >= 15 is 0 Å². The highest BCUT2D eigenvalue weighted by molar-refractivity contribution is 7.86. The third-order valence-corrected chi connectivity index (χ3v) is 3.74. The molecule has 1 aliphatic rings. The van der Waals surface area contributed by atoms with Crippen molar-refractivity contribution in [1.82, 2.24) is 0 Å². The van der Waals surface area contributed by atoms with Crippen LogP contribution < -0.4 is 0 Å². The molecule has 72 valence electrons. The molecule has 0 bridgehead atoms. The van der Waals surface area contributed by atoms with Gasteiger partial charge in [-0.15, -0.1) is 9.24 Å². The number of thiol groups is 1. The first-order valence-electron chi connectivity index (χ1n) is 5.22. The van der Waals surface area contributed by atoms with Gasteiger partial charge in [0.1, 0.15) is 0 Å². The standard InChI is InChI=1S/C10H21PS/c11-10(12)8-6-4-2-1-3-5-7-9-10/h12H,1-9,11H2. The summed E-state index contributed by atoms with van der Waals surface area (Å²) in [6, 6.07) is 0. The number of hydrogen-bond acceptors (Lipinski definition) is 1. The van der Waals surface area contributed by atoms with Crippen LogP contribution in [0.5, 0.6) is 0 Å². The van der Waals surface area contributed by atoms with E-state index in [-0.39, 0.29) is 4.49 Å². The highest BCUT2D eigenvalue weighted by Crippen LogP contribution is 2.36. The second-order valence-corrected chi connectivity index (χ2v) is 6.56. The normalized spacial score (nSPS) is 26.5. The minimum absolute atomic E-state index is 0.247. The molecule has 0 saturated heterocycles. The fraction of sp³-hybridized carbons (Fsp3) is 1.00. The van der Waals surface area contributed by atoms with Gasteiger partial charge in [0.15, 0.2) is 0 Å². The zero-order valence-electron chi connectivity index (χ0n) is 7.89. The quantitative estimate of drug-likeness (QED) is 0.447. The first kappa shape index (κ1) is 10.9. The summed E-state index contributed by atoms with van der Waals surface area (Å²) >= 11 is 4.68. The molecule has 0 N–H and O–H groups in total. The van der Waals surface area contributed by atoms with Gasteiger partial charge in [0.2, 0.25) is 0 Å². The van der Waals surface area contributed by atoms with Gasteiger partial charge < -0.3 is 0 Å². The Hall–Kier alpha value is 0.780. The fourth-order valence-electron chi connectivity index (χ4n) is 1.87. The molecule has 0 aliphatic heterocycles. The van der Waals surface area contributed by atoms with Crippen LogP contribution in [0.4, 0.5) is 0 Å². The van der Waals surface area contributed by atoms with Crippen molar-refractivity contribution in [3.63, 3.8) is 0 Å². The topological polar surface area (TPSA) is 0 Å². The first-order valence-corrected chi connectivity index (χ1v) is 6.24. The molecule has 1 fully saturated rings. The molecular weight excluding hydrogens is 183 g/mol. The minimum Gasteiger partial charge on any atom is -0.168 e. The third-order valence-electron chi connectivity index (χ3n) is 2.72. The summed E-state index contributed by atoms with van der Waals surface area (Å²) < 4.78 is 0.247. The summed E-state index contributed by atoms with van der Waals surface area (Å²) in [5, 5.41) is 0. The van der Waals surface area contributed by atoms with Crippen LogP contribution in [0.15, 0.2) is 0 Å². The highest BCUT2D eigenvalue weighted by atomic mass is 32.1. The Morgan fingerprint density at radius 3 is 1.50 bits per heavy atom. The average molecular weight is 204 g/mol. The van der Waals surface area contributed by atoms with Gasteiger partial charge in [-0.3, -0.25) is 0 Å². The minimum atomic E-state index is 0.247. The highest BCUT2D eigenvalue weighted by Gasteiger charge is 2.18. The molecular formula is C10H21PS. The summed E-state index contributed by atoms with van der Waals surface area (Å²) in [5.41, 5.74) is 0. The van der Waals surface area contributed by atoms with Crippen LogP contribution in [0.25, 0.3) is 0 Å². The summed E-state index contributed by atoms with van der Waals surface area (Å²) in [4.78, 5) is 0. The van der Waals surface area contributed by atoms with Crippen LogP contribution in [-0.2, 0) is 0 Å². The van der Waals surface area contributed by atoms with Crippen molar-refractivity contribution in [3.05, 3.63) is 0 Å². The zero-order chi connectivity index (χ0) is 8.86. The Morgan fingerprint density at radius 2 is 1.08 bits per heavy atom. The molecule has 12 heavy (non-hydrogen) atoms. The van der Waals surface area contributed by atoms with E-state index in [2.05, 4.69) is 21.9 Å². The lowest BCUT2D eigenvalue weighted by Gasteiger charge is -2.24. The molecule has 0 radical (unpaired) electrons. The van der Waals surface area contributed by atoms with E-state index in [0.717, 1.165) is 0 Å². The number of hydrogen-bond donors (Lipinski definition) is 1. The van der Waals surface area contributed by atoms with Crippen molar-refractivity contribution in [2.45, 2.75) is 62.3 Å². The molecule has 0 aromatic carbocycles. The third kappa shape index (κ3) is 4.72. The lowest BCUT2D eigenvalue weighted by Crippen LogP contribution is -2.12. The Bertz CT molecular complexity index is 111. The second-order valence-electron chi connectivity index (χ2n) is 4.08. The first-order chi connectivity index (χ1) is 5.71. The molecule has 1 saturated carbocycles. The van der Waals surface area contributed by atoms with Crippen molar-refractivity contribution in [1.29, 1.82) is 0 Å². The average Bonchev–Trinajstić information content (AvgIpc) is 2.02. The molecule has 2 heteroatoms. The summed E-state index contributed by atoms with van der Waals surface area (Å²) in [6.45, 7) is 0. The van der Waals surface area contributed by atoms with E-state index in [0.29, 0.717) is 0 Å². The van der Waals surface area contributed by atoms with Crippen molar-refractivity contribution in [3.8, 4) is 0 Å². The predicted molar refractivity (Wildman–Crippen MR) is 63.0 cm³/mol. The van der Waals surface area contributed by atoms with Crippen molar-refractivity contribution in [2.24, 2.45) is 0 Å². The Morgan fingerprint density at radius 1 is 0.750 bits per heavy atom. The van der Waals surface area contributed by atoms with Gasteiger partial charge >= 0.3 is 0 Å². The zero-order valence-corrected chi connectivity index (χ0v) is 9.94. The molecule has 0 spiro atoms. The molecule has 0 amide bonds. The monoisotopic (exact) mass is 204 g/mol. The smallest absolute Gasteiger partial charge is 0.0270 e. The summed E-state index contributed by atoms with van der Waals surface area (Å²) in [7, 11) is 2.92. The molecule has 0 nitrogen and oxygen atoms in total. The van der Waals surface area contributed by atoms with Crippen molar-refractivity contribution < 1.29 is 0 Å². The van der Waals surface area contributed by atoms with Crippen molar-refractivity contribution in [2.75, 3.05) is 0 Å². The number of rotatable bonds is 0. The van der Waals surface area contributed by atoms with Gasteiger partial charge in [0.25, 0.3) is 0 Å². The Labute approximate surface area is 84.5 Å². The van der Waals surface area contributed by atoms with Crippen LogP contribution in [0, 0.1) is 0 Å². The molecule has 1 unspecified atom stereocenters. The maximum Gasteiger partial charge on any atom is 0.0270 e. The van der Waals surface area contributed by atoms with E-state index in [4.69, 9.17) is 0 Å². The predicted octanol–water partition coefficient (Wildman–Crippen LogP) is 4.01. The van der Waals surface area contributed by atoms with E-state index in [9.17, 15) is 0 Å². The Kier molecular flexibility index (Phi) is 4.97. The van der Waals surface area contributed by atoms with E-state index in [1.165, 1.54) is 57.8 Å². The van der Waals surface area contributed by atoms with Gasteiger partial charge in [-0.1, -0.05) is 44.9 Å². The van der Waals surface area contributed by atoms with Crippen LogP contribution in [0.3, 0.4) is 0 Å². The van der Waals surface area contributed by atoms with Gasteiger partial charge in [-0.2, -0.15) is 12.6 Å². The summed E-state index contributed by atoms with van der Waals surface area (Å²) in [5.74, 6) is 0. The van der Waals surface area contributed by atoms with E-state index < -0.39 is 0 Å². The van der Waals surface area contributed by atoms with Crippen LogP contribution in [0.1, 0.15) is 57.8 Å². The second kappa shape index (κ2) is 5.50. The molecule has 0 heterocycles. The largest absolute Gasteiger partial charge is 0.168 e. The van der Waals surface area contributed by atoms with Gasteiger partial charge in [-0.05, 0) is 12.8 Å². The van der Waals surface area contributed by atoms with E-state index in [1.54, 1.807) is 0 Å². The van der Waals surface area contributed by atoms with Gasteiger partial charge in [0.05, 0.1) is 0 Å². The maximum atomic E-state index is 4.68. The molecule has 1 rings (SSSR count). The molecule has 1 aliphatic carbocycles. The van der Waals surface area contributed by atoms with Crippen molar-refractivity contribution >= 4 is 21.9 Å². The van der Waals surface area contributed by atoms with Gasteiger partial charge in [-0.25, -0.2) is 0 Å². The Balaban J connectivity index is 2.27. The molecule has 0 aromatic heterocycles. The lowest BCUT2D eigenvalue weighted by molar-refractivity contribution is 0.497. The fourth-order valence-corrected chi connectivity index (χ4v) is 2.60. The summed E-state index contributed by atoms with van der Waals surface area (Å²) in [6.07, 6.45) is 12.5.